The molecule has 34 heavy (non-hydrogen) atoms. The minimum atomic E-state index is -0.139. The molecule has 5 rings (SSSR count). The number of anilines is 2. The third-order valence-electron chi connectivity index (χ3n) is 6.45. The second-order valence-corrected chi connectivity index (χ2v) is 8.58. The zero-order valence-corrected chi connectivity index (χ0v) is 19.6. The molecular formula is C27H31N5O2. The van der Waals surface area contributed by atoms with E-state index in [1.165, 1.54) is 5.52 Å². The highest BCUT2D eigenvalue weighted by Gasteiger charge is 2.15. The fraction of sp³-hybridized carbons (Fsp3) is 0.333. The Morgan fingerprint density at radius 3 is 2.71 bits per heavy atom. The van der Waals surface area contributed by atoms with Crippen LogP contribution in [0.5, 0.6) is 0 Å². The molecule has 0 unspecified atom stereocenters. The van der Waals surface area contributed by atoms with Crippen LogP contribution in [0.4, 0.5) is 11.5 Å². The number of carbonyl (C=O) groups excluding carboxylic acids is 1. The number of amides is 1. The van der Waals surface area contributed by atoms with Gasteiger partial charge in [-0.3, -0.25) is 9.69 Å². The van der Waals surface area contributed by atoms with Crippen molar-refractivity contribution in [3.05, 3.63) is 66.4 Å². The molecule has 1 fully saturated rings. The number of aryl methyl sites for hydroxylation is 1. The van der Waals surface area contributed by atoms with Gasteiger partial charge in [-0.1, -0.05) is 18.2 Å². The molecule has 176 valence electrons. The molecule has 0 radical (unpaired) electrons. The first kappa shape index (κ1) is 22.4. The van der Waals surface area contributed by atoms with Crippen molar-refractivity contribution < 1.29 is 9.53 Å². The monoisotopic (exact) mass is 457 g/mol. The molecule has 3 heterocycles. The van der Waals surface area contributed by atoms with E-state index in [2.05, 4.69) is 50.2 Å². The standard InChI is InChI=1S/C27H31N5O2/c1-2-32-24-9-4-3-7-21(24)22-19-20(10-11-25(22)32)27(33)30-23-8-5-12-28-26(23)29-13-6-14-31-15-17-34-18-16-31/h3-5,7-12,19H,2,6,13-18H2,1H3,(H,28,29)(H,30,33). The number of morpholine rings is 1. The van der Waals surface area contributed by atoms with Crippen molar-refractivity contribution in [2.24, 2.45) is 0 Å². The van der Waals surface area contributed by atoms with Crippen LogP contribution in [0.1, 0.15) is 23.7 Å². The number of hydrogen-bond donors (Lipinski definition) is 2. The molecule has 0 spiro atoms. The van der Waals surface area contributed by atoms with Gasteiger partial charge >= 0.3 is 0 Å². The molecule has 1 aliphatic heterocycles. The fourth-order valence-corrected chi connectivity index (χ4v) is 4.71. The van der Waals surface area contributed by atoms with Crippen LogP contribution < -0.4 is 10.6 Å². The van der Waals surface area contributed by atoms with Gasteiger partial charge in [0.1, 0.15) is 5.82 Å². The molecular weight excluding hydrogens is 426 g/mol. The van der Waals surface area contributed by atoms with Gasteiger partial charge in [-0.05, 0) is 56.3 Å². The lowest BCUT2D eigenvalue weighted by Gasteiger charge is -2.26. The van der Waals surface area contributed by atoms with Crippen LogP contribution in [-0.4, -0.2) is 59.8 Å². The molecule has 1 aliphatic rings. The highest BCUT2D eigenvalue weighted by molar-refractivity contribution is 6.13. The number of benzene rings is 2. The van der Waals surface area contributed by atoms with Crippen LogP contribution >= 0.6 is 0 Å². The molecule has 4 aromatic rings. The number of para-hydroxylation sites is 1. The SMILES string of the molecule is CCn1c2ccccc2c2cc(C(=O)Nc3cccnc3NCCCN3CCOCC3)ccc21. The van der Waals surface area contributed by atoms with Crippen molar-refractivity contribution in [3.8, 4) is 0 Å². The lowest BCUT2D eigenvalue weighted by molar-refractivity contribution is 0.0378. The Balaban J connectivity index is 1.29. The zero-order valence-electron chi connectivity index (χ0n) is 19.6. The Kier molecular flexibility index (Phi) is 6.74. The van der Waals surface area contributed by atoms with E-state index in [0.717, 1.165) is 68.6 Å². The minimum Gasteiger partial charge on any atom is -0.379 e. The quantitative estimate of drug-likeness (QED) is 0.379. The average molecular weight is 458 g/mol. The predicted octanol–water partition coefficient (Wildman–Crippen LogP) is 4.60. The summed E-state index contributed by atoms with van der Waals surface area (Å²) in [7, 11) is 0. The van der Waals surface area contributed by atoms with Gasteiger partial charge in [0.15, 0.2) is 0 Å². The van der Waals surface area contributed by atoms with E-state index < -0.39 is 0 Å². The lowest BCUT2D eigenvalue weighted by atomic mass is 10.1. The molecule has 7 nitrogen and oxygen atoms in total. The van der Waals surface area contributed by atoms with E-state index in [0.29, 0.717) is 17.1 Å². The van der Waals surface area contributed by atoms with Gasteiger partial charge in [0.05, 0.1) is 18.9 Å². The predicted molar refractivity (Wildman–Crippen MR) is 138 cm³/mol. The molecule has 0 atom stereocenters. The van der Waals surface area contributed by atoms with E-state index >= 15 is 0 Å². The molecule has 2 N–H and O–H groups in total. The number of fused-ring (bicyclic) bond motifs is 3. The second-order valence-electron chi connectivity index (χ2n) is 8.58. The third kappa shape index (κ3) is 4.62. The molecule has 0 saturated carbocycles. The van der Waals surface area contributed by atoms with Crippen LogP contribution in [0.25, 0.3) is 21.8 Å². The summed E-state index contributed by atoms with van der Waals surface area (Å²) in [6, 6.07) is 18.0. The fourth-order valence-electron chi connectivity index (χ4n) is 4.71. The summed E-state index contributed by atoms with van der Waals surface area (Å²) in [4.78, 5) is 20.0. The Bertz CT molecular complexity index is 1290. The van der Waals surface area contributed by atoms with Crippen LogP contribution in [0.15, 0.2) is 60.8 Å². The van der Waals surface area contributed by atoms with Gasteiger partial charge in [0.25, 0.3) is 5.91 Å². The van der Waals surface area contributed by atoms with Crippen LogP contribution in [0, 0.1) is 0 Å². The zero-order chi connectivity index (χ0) is 23.3. The normalized spacial score (nSPS) is 14.5. The summed E-state index contributed by atoms with van der Waals surface area (Å²) < 4.78 is 7.69. The highest BCUT2D eigenvalue weighted by Crippen LogP contribution is 2.30. The molecule has 1 amide bonds. The summed E-state index contributed by atoms with van der Waals surface area (Å²) in [5.74, 6) is 0.557. The van der Waals surface area contributed by atoms with Crippen molar-refractivity contribution in [3.63, 3.8) is 0 Å². The number of hydrogen-bond acceptors (Lipinski definition) is 5. The molecule has 2 aromatic heterocycles. The maximum Gasteiger partial charge on any atom is 0.255 e. The summed E-state index contributed by atoms with van der Waals surface area (Å²) in [5, 5.41) is 8.70. The largest absolute Gasteiger partial charge is 0.379 e. The average Bonchev–Trinajstić information content (AvgIpc) is 3.21. The smallest absolute Gasteiger partial charge is 0.255 e. The van der Waals surface area contributed by atoms with Gasteiger partial charge in [-0.2, -0.15) is 0 Å². The summed E-state index contributed by atoms with van der Waals surface area (Å²) in [6.07, 6.45) is 2.74. The first-order valence-electron chi connectivity index (χ1n) is 12.1. The van der Waals surface area contributed by atoms with Gasteiger partial charge < -0.3 is 19.9 Å². The molecule has 0 aliphatic carbocycles. The van der Waals surface area contributed by atoms with Gasteiger partial charge in [0, 0.05) is 59.7 Å². The topological polar surface area (TPSA) is 71.4 Å². The maximum atomic E-state index is 13.2. The summed E-state index contributed by atoms with van der Waals surface area (Å²) in [5.41, 5.74) is 3.65. The van der Waals surface area contributed by atoms with Crippen molar-refractivity contribution >= 4 is 39.2 Å². The van der Waals surface area contributed by atoms with Crippen LogP contribution in [-0.2, 0) is 11.3 Å². The number of aromatic nitrogens is 2. The molecule has 0 bridgehead atoms. The number of carbonyl (C=O) groups is 1. The van der Waals surface area contributed by atoms with Crippen LogP contribution in [0.2, 0.25) is 0 Å². The lowest BCUT2D eigenvalue weighted by Crippen LogP contribution is -2.37. The minimum absolute atomic E-state index is 0.139. The number of nitrogens with one attached hydrogen (secondary N) is 2. The van der Waals surface area contributed by atoms with Crippen molar-refractivity contribution in [2.45, 2.75) is 19.9 Å². The van der Waals surface area contributed by atoms with E-state index in [1.54, 1.807) is 6.20 Å². The van der Waals surface area contributed by atoms with Crippen molar-refractivity contribution in [2.75, 3.05) is 50.0 Å². The van der Waals surface area contributed by atoms with E-state index in [1.807, 2.05) is 36.4 Å². The number of rotatable bonds is 8. The van der Waals surface area contributed by atoms with Gasteiger partial charge in [-0.25, -0.2) is 4.98 Å². The summed E-state index contributed by atoms with van der Waals surface area (Å²) in [6.45, 7) is 8.45. The van der Waals surface area contributed by atoms with E-state index in [9.17, 15) is 4.79 Å². The van der Waals surface area contributed by atoms with Crippen LogP contribution in [0.3, 0.4) is 0 Å². The number of nitrogens with zero attached hydrogens (tertiary/aromatic N) is 3. The Labute approximate surface area is 199 Å². The Morgan fingerprint density at radius 2 is 1.85 bits per heavy atom. The first-order valence-corrected chi connectivity index (χ1v) is 12.1. The molecule has 7 heteroatoms. The number of ether oxygens (including phenoxy) is 1. The van der Waals surface area contributed by atoms with Gasteiger partial charge in [-0.15, -0.1) is 0 Å². The Morgan fingerprint density at radius 1 is 1.03 bits per heavy atom. The third-order valence-corrected chi connectivity index (χ3v) is 6.45. The first-order chi connectivity index (χ1) is 16.7. The Hall–Kier alpha value is -3.42. The van der Waals surface area contributed by atoms with E-state index in [-0.39, 0.29) is 5.91 Å². The second kappa shape index (κ2) is 10.2. The van der Waals surface area contributed by atoms with Gasteiger partial charge in [0.2, 0.25) is 0 Å². The van der Waals surface area contributed by atoms with Crippen molar-refractivity contribution in [1.82, 2.24) is 14.5 Å². The molecule has 1 saturated heterocycles. The van der Waals surface area contributed by atoms with Crippen molar-refractivity contribution in [1.29, 1.82) is 0 Å². The summed E-state index contributed by atoms with van der Waals surface area (Å²) >= 11 is 0. The highest BCUT2D eigenvalue weighted by atomic mass is 16.5. The number of pyridine rings is 1. The van der Waals surface area contributed by atoms with E-state index in [4.69, 9.17) is 4.74 Å². The molecule has 2 aromatic carbocycles. The maximum absolute atomic E-state index is 13.2.